The second-order valence-electron chi connectivity index (χ2n) is 9.67. The van der Waals surface area contributed by atoms with Gasteiger partial charge in [-0.1, -0.05) is 13.8 Å². The van der Waals surface area contributed by atoms with Crippen molar-refractivity contribution < 1.29 is 22.6 Å². The van der Waals surface area contributed by atoms with Crippen molar-refractivity contribution in [1.29, 1.82) is 0 Å². The molecule has 2 aliphatic carbocycles. The van der Waals surface area contributed by atoms with Crippen LogP contribution >= 0.6 is 0 Å². The van der Waals surface area contributed by atoms with Crippen LogP contribution < -0.4 is 10.5 Å². The zero-order valence-electron chi connectivity index (χ0n) is 18.0. The van der Waals surface area contributed by atoms with Gasteiger partial charge < -0.3 is 19.8 Å². The van der Waals surface area contributed by atoms with Crippen LogP contribution in [0.25, 0.3) is 11.3 Å². The van der Waals surface area contributed by atoms with E-state index in [4.69, 9.17) is 15.5 Å². The smallest absolute Gasteiger partial charge is 0.402 e. The number of alkyl halides is 3. The summed E-state index contributed by atoms with van der Waals surface area (Å²) in [5.74, 6) is 1.61. The number of imidazole rings is 1. The molecule has 0 radical (unpaired) electrons. The van der Waals surface area contributed by atoms with E-state index in [1.165, 1.54) is 12.3 Å². The number of nitrogens with zero attached hydrogens (tertiary/aromatic N) is 4. The SMILES string of the molecule is CC(C)c1nc(-c2cnc(N)c(OC(F)(F)F)c2)cn1[C@@]12C3[C@H]1[C@H]2CN3C1CCOCC1. The Morgan fingerprint density at radius 1 is 1.28 bits per heavy atom. The van der Waals surface area contributed by atoms with E-state index in [0.717, 1.165) is 38.4 Å². The van der Waals surface area contributed by atoms with Crippen molar-refractivity contribution >= 4 is 5.82 Å². The highest BCUT2D eigenvalue weighted by atomic mass is 19.4. The van der Waals surface area contributed by atoms with E-state index < -0.39 is 12.1 Å². The Morgan fingerprint density at radius 3 is 2.69 bits per heavy atom. The van der Waals surface area contributed by atoms with Crippen molar-refractivity contribution in [3.05, 3.63) is 24.3 Å². The fraction of sp³-hybridized carbons (Fsp3) is 0.636. The predicted octanol–water partition coefficient (Wildman–Crippen LogP) is 3.37. The average molecular weight is 449 g/mol. The third-order valence-electron chi connectivity index (χ3n) is 7.65. The minimum absolute atomic E-state index is 0.0930. The van der Waals surface area contributed by atoms with Gasteiger partial charge in [-0.25, -0.2) is 9.97 Å². The number of nitrogens with two attached hydrogens (primary N) is 1. The number of pyridine rings is 1. The maximum atomic E-state index is 12.7. The largest absolute Gasteiger partial charge is 0.573 e. The molecule has 0 aromatic carbocycles. The van der Waals surface area contributed by atoms with Gasteiger partial charge in [0, 0.05) is 67.6 Å². The molecule has 3 aliphatic heterocycles. The summed E-state index contributed by atoms with van der Waals surface area (Å²) in [6, 6.07) is 2.38. The van der Waals surface area contributed by atoms with Gasteiger partial charge in [0.1, 0.15) is 5.82 Å². The molecule has 7 nitrogen and oxygen atoms in total. The molecule has 4 atom stereocenters. The minimum atomic E-state index is -4.84. The van der Waals surface area contributed by atoms with E-state index in [1.807, 2.05) is 6.20 Å². The van der Waals surface area contributed by atoms with Gasteiger partial charge in [0.2, 0.25) is 0 Å². The van der Waals surface area contributed by atoms with Gasteiger partial charge in [0.05, 0.1) is 11.2 Å². The molecule has 5 fully saturated rings. The number of ether oxygens (including phenoxy) is 2. The first kappa shape index (κ1) is 20.3. The molecule has 2 aromatic rings. The molecule has 172 valence electrons. The summed E-state index contributed by atoms with van der Waals surface area (Å²) < 4.78 is 50.1. The van der Waals surface area contributed by atoms with Gasteiger partial charge in [-0.05, 0) is 18.9 Å². The molecule has 1 unspecified atom stereocenters. The van der Waals surface area contributed by atoms with Crippen LogP contribution in [0.4, 0.5) is 19.0 Å². The summed E-state index contributed by atoms with van der Waals surface area (Å²) >= 11 is 0. The maximum absolute atomic E-state index is 12.7. The molecule has 3 saturated heterocycles. The number of hydrogen-bond donors (Lipinski definition) is 1. The van der Waals surface area contributed by atoms with Crippen LogP contribution in [-0.2, 0) is 10.3 Å². The lowest BCUT2D eigenvalue weighted by atomic mass is 10.1. The number of piperidine rings is 1. The predicted molar refractivity (Wildman–Crippen MR) is 110 cm³/mol. The van der Waals surface area contributed by atoms with Crippen molar-refractivity contribution in [3.63, 3.8) is 0 Å². The maximum Gasteiger partial charge on any atom is 0.573 e. The van der Waals surface area contributed by atoms with Crippen LogP contribution in [0.2, 0.25) is 0 Å². The number of rotatable bonds is 5. The van der Waals surface area contributed by atoms with Gasteiger partial charge in [-0.3, -0.25) is 4.90 Å². The van der Waals surface area contributed by atoms with Crippen LogP contribution in [-0.4, -0.2) is 57.6 Å². The first-order chi connectivity index (χ1) is 15.2. The van der Waals surface area contributed by atoms with Gasteiger partial charge in [-0.15, -0.1) is 13.2 Å². The summed E-state index contributed by atoms with van der Waals surface area (Å²) in [6.45, 7) is 6.95. The Kier molecular flexibility index (Phi) is 4.18. The molecule has 2 N–H and O–H groups in total. The second-order valence-corrected chi connectivity index (χ2v) is 9.67. The highest BCUT2D eigenvalue weighted by Gasteiger charge is 2.94. The first-order valence-corrected chi connectivity index (χ1v) is 11.2. The first-order valence-electron chi connectivity index (χ1n) is 11.2. The lowest BCUT2D eigenvalue weighted by Crippen LogP contribution is -2.39. The number of fused-ring (bicyclic) bond motifs is 1. The number of anilines is 1. The summed E-state index contributed by atoms with van der Waals surface area (Å²) in [5, 5.41) is 0. The molecule has 7 rings (SSSR count). The van der Waals surface area contributed by atoms with Crippen molar-refractivity contribution in [2.75, 3.05) is 25.5 Å². The molecular formula is C22H26F3N5O2. The van der Waals surface area contributed by atoms with Crippen LogP contribution in [0.1, 0.15) is 38.4 Å². The number of hydrogen-bond acceptors (Lipinski definition) is 6. The Hall–Kier alpha value is -2.33. The van der Waals surface area contributed by atoms with E-state index in [9.17, 15) is 13.2 Å². The standard InChI is InChI=1S/C22H26F3N5O2/c1-11(2)20-28-15(12-7-16(19(26)27-8-12)32-22(23,24)25)10-30(20)21-14-9-29(18(21)17(14)21)13-3-5-31-6-4-13/h7-8,10-11,13-14,17-18H,3-6,9H2,1-2H3,(H2,26,27)/t14-,17-,18?,21-/m1/s1. The van der Waals surface area contributed by atoms with Crippen molar-refractivity contribution in [2.45, 2.75) is 56.6 Å². The fourth-order valence-electron chi connectivity index (χ4n) is 6.22. The molecule has 10 heteroatoms. The Balaban J connectivity index is 1.32. The second kappa shape index (κ2) is 6.60. The normalized spacial score (nSPS) is 31.8. The van der Waals surface area contributed by atoms with Crippen molar-refractivity contribution in [1.82, 2.24) is 19.4 Å². The van der Waals surface area contributed by atoms with Gasteiger partial charge in [0.15, 0.2) is 11.6 Å². The lowest BCUT2D eigenvalue weighted by Gasteiger charge is -2.31. The Morgan fingerprint density at radius 2 is 2.03 bits per heavy atom. The summed E-state index contributed by atoms with van der Waals surface area (Å²) in [4.78, 5) is 11.4. The van der Waals surface area contributed by atoms with E-state index in [0.29, 0.717) is 35.2 Å². The van der Waals surface area contributed by atoms with E-state index in [-0.39, 0.29) is 17.3 Å². The molecule has 2 bridgehead atoms. The van der Waals surface area contributed by atoms with Gasteiger partial charge >= 0.3 is 6.36 Å². The summed E-state index contributed by atoms with van der Waals surface area (Å²) in [6.07, 6.45) is 0.764. The van der Waals surface area contributed by atoms with Crippen molar-refractivity contribution in [3.8, 4) is 17.0 Å². The molecule has 2 aromatic heterocycles. The number of halogens is 3. The fourth-order valence-corrected chi connectivity index (χ4v) is 6.22. The average Bonchev–Trinajstić information content (AvgIpc) is 3.31. The van der Waals surface area contributed by atoms with Crippen LogP contribution in [0.3, 0.4) is 0 Å². The highest BCUT2D eigenvalue weighted by Crippen LogP contribution is 2.84. The van der Waals surface area contributed by atoms with Crippen LogP contribution in [0.5, 0.6) is 5.75 Å². The molecular weight excluding hydrogens is 423 g/mol. The van der Waals surface area contributed by atoms with Crippen LogP contribution in [0.15, 0.2) is 18.5 Å². The molecule has 2 saturated carbocycles. The third-order valence-corrected chi connectivity index (χ3v) is 7.65. The zero-order chi connectivity index (χ0) is 22.4. The molecule has 0 spiro atoms. The van der Waals surface area contributed by atoms with Gasteiger partial charge in [-0.2, -0.15) is 0 Å². The summed E-state index contributed by atoms with van der Waals surface area (Å²) in [7, 11) is 0. The Labute approximate surface area is 183 Å². The van der Waals surface area contributed by atoms with E-state index in [1.54, 1.807) is 0 Å². The van der Waals surface area contributed by atoms with E-state index in [2.05, 4.69) is 33.0 Å². The third kappa shape index (κ3) is 2.81. The van der Waals surface area contributed by atoms with Crippen molar-refractivity contribution in [2.24, 2.45) is 11.8 Å². The van der Waals surface area contributed by atoms with Gasteiger partial charge in [0.25, 0.3) is 0 Å². The van der Waals surface area contributed by atoms with Crippen LogP contribution in [0, 0.1) is 11.8 Å². The Bertz CT molecular complexity index is 1060. The highest BCUT2D eigenvalue weighted by molar-refractivity contribution is 5.64. The molecule has 5 heterocycles. The number of aromatic nitrogens is 3. The zero-order valence-corrected chi connectivity index (χ0v) is 18.0. The number of nitrogen functional groups attached to an aromatic ring is 1. The minimum Gasteiger partial charge on any atom is -0.402 e. The quantitative estimate of drug-likeness (QED) is 0.754. The topological polar surface area (TPSA) is 78.4 Å². The molecule has 5 aliphatic rings. The monoisotopic (exact) mass is 449 g/mol. The summed E-state index contributed by atoms with van der Waals surface area (Å²) in [5.41, 5.74) is 6.75. The lowest BCUT2D eigenvalue weighted by molar-refractivity contribution is -0.274. The van der Waals surface area contributed by atoms with E-state index >= 15 is 0 Å². The molecule has 0 amide bonds. The molecule has 32 heavy (non-hydrogen) atoms.